The molecule has 1 fully saturated rings. The fourth-order valence-electron chi connectivity index (χ4n) is 1.78. The van der Waals surface area contributed by atoms with Crippen LogP contribution in [0.2, 0.25) is 0 Å². The quantitative estimate of drug-likeness (QED) is 0.692. The molecular formula is C10H21NOP2+2. The second kappa shape index (κ2) is 5.98. The highest BCUT2D eigenvalue weighted by molar-refractivity contribution is 7.56. The fraction of sp³-hybridized carbons (Fsp3) is 0.800. The molecule has 3 unspecified atom stereocenters. The molecule has 0 aliphatic carbocycles. The van der Waals surface area contributed by atoms with Gasteiger partial charge in [0, 0.05) is 13.0 Å². The molecule has 1 rings (SSSR count). The lowest BCUT2D eigenvalue weighted by molar-refractivity contribution is 0.144. The van der Waals surface area contributed by atoms with Gasteiger partial charge in [-0.2, -0.15) is 0 Å². The van der Waals surface area contributed by atoms with Crippen LogP contribution >= 0.6 is 15.1 Å². The van der Waals surface area contributed by atoms with E-state index in [1.807, 2.05) is 0 Å². The van der Waals surface area contributed by atoms with Gasteiger partial charge in [0.25, 0.3) is 0 Å². The average Bonchev–Trinajstić information content (AvgIpc) is 2.28. The van der Waals surface area contributed by atoms with E-state index in [-0.39, 0.29) is 15.1 Å². The summed E-state index contributed by atoms with van der Waals surface area (Å²) in [5, 5.41) is 0. The van der Waals surface area contributed by atoms with Gasteiger partial charge in [0.05, 0.1) is 46.7 Å². The number of hydrogen-bond donors (Lipinski definition) is 0. The summed E-state index contributed by atoms with van der Waals surface area (Å²) < 4.78 is 5.51. The standard InChI is InChI=1S/C10H21NOP2/c1-13(2)9-11-6-8-12-7-5-10(11)14(3)4/h10H,1,3,5-9H2,2,4H3/q+2. The molecule has 0 spiro atoms. The van der Waals surface area contributed by atoms with E-state index in [0.717, 1.165) is 32.5 Å². The molecule has 0 aromatic rings. The summed E-state index contributed by atoms with van der Waals surface area (Å²) in [5.41, 5.74) is 0. The number of hydrogen-bond acceptors (Lipinski definition) is 2. The van der Waals surface area contributed by atoms with Crippen molar-refractivity contribution in [2.24, 2.45) is 0 Å². The van der Waals surface area contributed by atoms with E-state index in [0.29, 0.717) is 5.78 Å². The highest BCUT2D eigenvalue weighted by Crippen LogP contribution is 2.32. The van der Waals surface area contributed by atoms with E-state index >= 15 is 0 Å². The summed E-state index contributed by atoms with van der Waals surface area (Å²) in [4.78, 5) is 2.55. The van der Waals surface area contributed by atoms with E-state index < -0.39 is 0 Å². The van der Waals surface area contributed by atoms with Crippen LogP contribution in [0.1, 0.15) is 6.42 Å². The Labute approximate surface area is 89.4 Å². The van der Waals surface area contributed by atoms with Crippen LogP contribution < -0.4 is 0 Å². The van der Waals surface area contributed by atoms with Gasteiger partial charge in [-0.1, -0.05) is 0 Å². The summed E-state index contributed by atoms with van der Waals surface area (Å²) in [5.74, 6) is 0.652. The van der Waals surface area contributed by atoms with E-state index in [2.05, 4.69) is 30.8 Å². The maximum absolute atomic E-state index is 5.51. The molecule has 4 heteroatoms. The highest BCUT2D eigenvalue weighted by Gasteiger charge is 2.30. The second-order valence-corrected chi connectivity index (χ2v) is 8.05. The molecule has 0 radical (unpaired) electrons. The zero-order chi connectivity index (χ0) is 10.6. The lowest BCUT2D eigenvalue weighted by Crippen LogP contribution is -2.33. The third-order valence-electron chi connectivity index (χ3n) is 2.40. The first-order valence-electron chi connectivity index (χ1n) is 4.98. The van der Waals surface area contributed by atoms with Gasteiger partial charge in [0.2, 0.25) is 0 Å². The SMILES string of the molecule is C=[P+](C)CN1CCOCCC1[P+](=C)C. The predicted octanol–water partition coefficient (Wildman–Crippen LogP) is 2.08. The van der Waals surface area contributed by atoms with Crippen LogP contribution in [0.15, 0.2) is 0 Å². The normalized spacial score (nSPS) is 26.9. The van der Waals surface area contributed by atoms with Gasteiger partial charge in [-0.3, -0.25) is 0 Å². The van der Waals surface area contributed by atoms with Crippen molar-refractivity contribution < 1.29 is 4.74 Å². The number of ether oxygens (including phenoxy) is 1. The Hall–Kier alpha value is 0.260. The summed E-state index contributed by atoms with van der Waals surface area (Å²) in [7, 11) is -0.211. The first-order valence-corrected chi connectivity index (χ1v) is 9.18. The van der Waals surface area contributed by atoms with Crippen LogP contribution in [0.25, 0.3) is 0 Å². The first-order chi connectivity index (χ1) is 6.61. The largest absolute Gasteiger partial charge is 0.380 e. The molecule has 1 heterocycles. The Morgan fingerprint density at radius 1 is 1.36 bits per heavy atom. The molecule has 14 heavy (non-hydrogen) atoms. The lowest BCUT2D eigenvalue weighted by Gasteiger charge is -2.19. The van der Waals surface area contributed by atoms with Gasteiger partial charge in [-0.05, 0) is 0 Å². The molecule has 0 amide bonds. The van der Waals surface area contributed by atoms with Crippen molar-refractivity contribution in [1.29, 1.82) is 0 Å². The fourth-order valence-corrected chi connectivity index (χ4v) is 4.17. The number of nitrogens with zero attached hydrogens (tertiary/aromatic N) is 1. The van der Waals surface area contributed by atoms with Gasteiger partial charge in [0.1, 0.15) is 7.55 Å². The van der Waals surface area contributed by atoms with Crippen LogP contribution in [0.3, 0.4) is 0 Å². The lowest BCUT2D eigenvalue weighted by atomic mass is 10.4. The summed E-state index contributed by atoms with van der Waals surface area (Å²) in [6.45, 7) is 7.35. The minimum absolute atomic E-state index is 0.0836. The maximum Gasteiger partial charge on any atom is 0.174 e. The van der Waals surface area contributed by atoms with Crippen molar-refractivity contribution in [2.75, 3.05) is 39.4 Å². The monoisotopic (exact) mass is 233 g/mol. The Kier molecular flexibility index (Phi) is 5.26. The minimum atomic E-state index is -0.127. The molecule has 0 aromatic carbocycles. The van der Waals surface area contributed by atoms with Gasteiger partial charge >= 0.3 is 0 Å². The Bertz CT molecular complexity index is 230. The second-order valence-electron chi connectivity index (χ2n) is 3.95. The zero-order valence-corrected chi connectivity index (χ0v) is 11.1. The molecule has 0 saturated carbocycles. The molecule has 1 saturated heterocycles. The van der Waals surface area contributed by atoms with Crippen molar-refractivity contribution in [2.45, 2.75) is 12.2 Å². The van der Waals surface area contributed by atoms with Crippen molar-refractivity contribution in [3.63, 3.8) is 0 Å². The summed E-state index contributed by atoms with van der Waals surface area (Å²) >= 11 is 0. The minimum Gasteiger partial charge on any atom is -0.380 e. The van der Waals surface area contributed by atoms with E-state index in [4.69, 9.17) is 4.74 Å². The maximum atomic E-state index is 5.51. The first kappa shape index (κ1) is 12.3. The summed E-state index contributed by atoms with van der Waals surface area (Å²) in [6, 6.07) is 0. The van der Waals surface area contributed by atoms with Crippen LogP contribution in [0, 0.1) is 0 Å². The Balaban J connectivity index is 2.63. The average molecular weight is 233 g/mol. The van der Waals surface area contributed by atoms with Crippen LogP contribution in [0.4, 0.5) is 0 Å². The Morgan fingerprint density at radius 3 is 2.64 bits per heavy atom. The topological polar surface area (TPSA) is 12.5 Å². The van der Waals surface area contributed by atoms with Gasteiger partial charge < -0.3 is 4.74 Å². The van der Waals surface area contributed by atoms with Gasteiger partial charge in [-0.15, -0.1) is 0 Å². The molecule has 1 aliphatic heterocycles. The zero-order valence-electron chi connectivity index (χ0n) is 9.28. The van der Waals surface area contributed by atoms with Crippen molar-refractivity contribution in [1.82, 2.24) is 4.90 Å². The van der Waals surface area contributed by atoms with Crippen LogP contribution in [-0.4, -0.2) is 62.7 Å². The predicted molar refractivity (Wildman–Crippen MR) is 70.7 cm³/mol. The molecule has 3 atom stereocenters. The van der Waals surface area contributed by atoms with E-state index in [1.165, 1.54) is 0 Å². The Morgan fingerprint density at radius 2 is 2.07 bits per heavy atom. The smallest absolute Gasteiger partial charge is 0.174 e. The third kappa shape index (κ3) is 3.79. The van der Waals surface area contributed by atoms with Crippen molar-refractivity contribution in [3.05, 3.63) is 0 Å². The molecule has 1 aliphatic rings. The molecule has 0 aromatic heterocycles. The summed E-state index contributed by atoms with van der Waals surface area (Å²) in [6.07, 6.45) is 10.6. The molecular weight excluding hydrogens is 212 g/mol. The third-order valence-corrected chi connectivity index (χ3v) is 4.85. The molecule has 0 N–H and O–H groups in total. The number of rotatable bonds is 3. The van der Waals surface area contributed by atoms with Crippen LogP contribution in [-0.2, 0) is 4.74 Å². The molecule has 2 nitrogen and oxygen atoms in total. The van der Waals surface area contributed by atoms with E-state index in [9.17, 15) is 0 Å². The van der Waals surface area contributed by atoms with Gasteiger partial charge in [0.15, 0.2) is 12.1 Å². The van der Waals surface area contributed by atoms with Crippen molar-refractivity contribution >= 4 is 27.7 Å². The van der Waals surface area contributed by atoms with Gasteiger partial charge in [-0.25, -0.2) is 4.90 Å². The highest BCUT2D eigenvalue weighted by atomic mass is 31.1. The molecule has 80 valence electrons. The van der Waals surface area contributed by atoms with Crippen molar-refractivity contribution in [3.8, 4) is 0 Å². The molecule has 0 bridgehead atoms. The van der Waals surface area contributed by atoms with Crippen LogP contribution in [0.5, 0.6) is 0 Å². The van der Waals surface area contributed by atoms with E-state index in [1.54, 1.807) is 0 Å².